The first-order valence-corrected chi connectivity index (χ1v) is 6.82. The number of hydrogen-bond acceptors (Lipinski definition) is 1. The fourth-order valence-corrected chi connectivity index (χ4v) is 2.40. The molecule has 18 heavy (non-hydrogen) atoms. The van der Waals surface area contributed by atoms with Crippen LogP contribution in [0.5, 0.6) is 0 Å². The summed E-state index contributed by atoms with van der Waals surface area (Å²) in [5.41, 5.74) is 1.89. The van der Waals surface area contributed by atoms with E-state index in [1.807, 2.05) is 48.5 Å². The average Bonchev–Trinajstić information content (AvgIpc) is 2.35. The molecule has 0 spiro atoms. The van der Waals surface area contributed by atoms with Gasteiger partial charge in [0.25, 0.3) is 0 Å². The van der Waals surface area contributed by atoms with Crippen LogP contribution in [0, 0.1) is 0 Å². The molecule has 0 aliphatic carbocycles. The summed E-state index contributed by atoms with van der Waals surface area (Å²) in [6.07, 6.45) is 0.799. The zero-order valence-corrected chi connectivity index (χ0v) is 12.0. The minimum atomic E-state index is 0.162. The predicted octanol–water partition coefficient (Wildman–Crippen LogP) is 4.46. The Kier molecular flexibility index (Phi) is 4.56. The molecule has 0 radical (unpaired) electrons. The molecule has 2 rings (SSSR count). The highest BCUT2D eigenvalue weighted by Gasteiger charge is 2.09. The van der Waals surface area contributed by atoms with Gasteiger partial charge in [-0.15, -0.1) is 0 Å². The number of hydrogen-bond donors (Lipinski definition) is 0. The second kappa shape index (κ2) is 6.17. The zero-order valence-electron chi connectivity index (χ0n) is 9.70. The molecule has 92 valence electrons. The van der Waals surface area contributed by atoms with Gasteiger partial charge in [0.1, 0.15) is 5.78 Å². The summed E-state index contributed by atoms with van der Waals surface area (Å²) >= 11 is 9.49. The molecule has 2 aromatic carbocycles. The molecule has 0 saturated carbocycles. The van der Waals surface area contributed by atoms with Gasteiger partial charge in [-0.3, -0.25) is 4.79 Å². The largest absolute Gasteiger partial charge is 0.299 e. The fourth-order valence-electron chi connectivity index (χ4n) is 1.77. The maximum Gasteiger partial charge on any atom is 0.141 e. The Morgan fingerprint density at radius 1 is 0.944 bits per heavy atom. The highest BCUT2D eigenvalue weighted by Crippen LogP contribution is 2.19. The predicted molar refractivity (Wildman–Crippen MR) is 78.0 cm³/mol. The van der Waals surface area contributed by atoms with E-state index in [1.54, 1.807) is 0 Å². The van der Waals surface area contributed by atoms with Gasteiger partial charge in [0, 0.05) is 22.3 Å². The first kappa shape index (κ1) is 13.3. The molecule has 0 atom stereocenters. The lowest BCUT2D eigenvalue weighted by molar-refractivity contribution is -0.117. The summed E-state index contributed by atoms with van der Waals surface area (Å²) in [7, 11) is 0. The van der Waals surface area contributed by atoms with Crippen molar-refractivity contribution in [2.75, 3.05) is 0 Å². The molecule has 0 N–H and O–H groups in total. The fraction of sp³-hybridized carbons (Fsp3) is 0.133. The van der Waals surface area contributed by atoms with Crippen LogP contribution in [0.2, 0.25) is 5.02 Å². The van der Waals surface area contributed by atoms with Gasteiger partial charge in [0.05, 0.1) is 0 Å². The van der Waals surface area contributed by atoms with Crippen LogP contribution in [-0.2, 0) is 17.6 Å². The number of ketones is 1. The Labute approximate surface area is 120 Å². The van der Waals surface area contributed by atoms with Gasteiger partial charge < -0.3 is 0 Å². The number of halogens is 2. The van der Waals surface area contributed by atoms with Crippen LogP contribution in [0.15, 0.2) is 53.0 Å². The zero-order chi connectivity index (χ0) is 13.0. The van der Waals surface area contributed by atoms with Gasteiger partial charge in [-0.2, -0.15) is 0 Å². The van der Waals surface area contributed by atoms with Gasteiger partial charge >= 0.3 is 0 Å². The lowest BCUT2D eigenvalue weighted by atomic mass is 10.0. The van der Waals surface area contributed by atoms with Crippen molar-refractivity contribution in [2.24, 2.45) is 0 Å². The Morgan fingerprint density at radius 2 is 1.50 bits per heavy atom. The quantitative estimate of drug-likeness (QED) is 0.812. The summed E-state index contributed by atoms with van der Waals surface area (Å²) in [6, 6.07) is 15.2. The van der Waals surface area contributed by atoms with Crippen LogP contribution in [0.4, 0.5) is 0 Å². The van der Waals surface area contributed by atoms with Gasteiger partial charge in [-0.25, -0.2) is 0 Å². The SMILES string of the molecule is O=C(Cc1ccccc1Cl)Cc1ccccc1Br. The summed E-state index contributed by atoms with van der Waals surface area (Å²) < 4.78 is 0.970. The van der Waals surface area contributed by atoms with Crippen LogP contribution in [0.3, 0.4) is 0 Å². The Morgan fingerprint density at radius 3 is 2.17 bits per heavy atom. The van der Waals surface area contributed by atoms with Crippen LogP contribution < -0.4 is 0 Å². The van der Waals surface area contributed by atoms with Crippen molar-refractivity contribution < 1.29 is 4.79 Å². The average molecular weight is 324 g/mol. The van der Waals surface area contributed by atoms with E-state index >= 15 is 0 Å². The third kappa shape index (κ3) is 3.44. The smallest absolute Gasteiger partial charge is 0.141 e. The molecule has 0 unspecified atom stereocenters. The van der Waals surface area contributed by atoms with E-state index < -0.39 is 0 Å². The van der Waals surface area contributed by atoms with Crippen LogP contribution in [-0.4, -0.2) is 5.78 Å². The lowest BCUT2D eigenvalue weighted by Gasteiger charge is -2.05. The Bertz CT molecular complexity index is 516. The molecule has 0 fully saturated rings. The molecule has 3 heteroatoms. The number of carbonyl (C=O) groups excluding carboxylic acids is 1. The van der Waals surface area contributed by atoms with E-state index in [4.69, 9.17) is 11.6 Å². The molecule has 1 nitrogen and oxygen atoms in total. The third-order valence-corrected chi connectivity index (χ3v) is 3.83. The van der Waals surface area contributed by atoms with Crippen LogP contribution in [0.1, 0.15) is 11.1 Å². The van der Waals surface area contributed by atoms with Gasteiger partial charge in [-0.05, 0) is 23.3 Å². The molecular formula is C15H12BrClO. The Balaban J connectivity index is 2.06. The monoisotopic (exact) mass is 322 g/mol. The Hall–Kier alpha value is -1.12. The molecule has 0 aliphatic rings. The lowest BCUT2D eigenvalue weighted by Crippen LogP contribution is -2.07. The van der Waals surface area contributed by atoms with Crippen LogP contribution >= 0.6 is 27.5 Å². The molecular weight excluding hydrogens is 312 g/mol. The number of rotatable bonds is 4. The maximum atomic E-state index is 12.0. The van der Waals surface area contributed by atoms with Crippen molar-refractivity contribution in [1.82, 2.24) is 0 Å². The maximum absolute atomic E-state index is 12.0. The van der Waals surface area contributed by atoms with Crippen molar-refractivity contribution in [2.45, 2.75) is 12.8 Å². The van der Waals surface area contributed by atoms with Crippen molar-refractivity contribution in [3.8, 4) is 0 Å². The number of carbonyl (C=O) groups is 1. The van der Waals surface area contributed by atoms with Gasteiger partial charge in [0.15, 0.2) is 0 Å². The van der Waals surface area contributed by atoms with Crippen molar-refractivity contribution in [1.29, 1.82) is 0 Å². The van der Waals surface area contributed by atoms with E-state index in [1.165, 1.54) is 0 Å². The van der Waals surface area contributed by atoms with E-state index in [2.05, 4.69) is 15.9 Å². The van der Waals surface area contributed by atoms with Crippen molar-refractivity contribution in [3.05, 3.63) is 69.2 Å². The molecule has 0 bridgehead atoms. The summed E-state index contributed by atoms with van der Waals surface area (Å²) in [5.74, 6) is 0.162. The van der Waals surface area contributed by atoms with Crippen LogP contribution in [0.25, 0.3) is 0 Å². The second-order valence-corrected chi connectivity index (χ2v) is 5.34. The minimum Gasteiger partial charge on any atom is -0.299 e. The topological polar surface area (TPSA) is 17.1 Å². The summed E-state index contributed by atoms with van der Waals surface area (Å²) in [4.78, 5) is 12.0. The molecule has 0 heterocycles. The molecule has 2 aromatic rings. The summed E-state index contributed by atoms with van der Waals surface area (Å²) in [5, 5.41) is 0.651. The van der Waals surface area contributed by atoms with Gasteiger partial charge in [0.2, 0.25) is 0 Å². The van der Waals surface area contributed by atoms with Crippen molar-refractivity contribution >= 4 is 33.3 Å². The number of Topliss-reactive ketones (excluding diaryl/α,β-unsaturated/α-hetero) is 1. The van der Waals surface area contributed by atoms with E-state index in [-0.39, 0.29) is 5.78 Å². The van der Waals surface area contributed by atoms with Crippen molar-refractivity contribution in [3.63, 3.8) is 0 Å². The van der Waals surface area contributed by atoms with E-state index in [0.717, 1.165) is 15.6 Å². The normalized spacial score (nSPS) is 10.3. The third-order valence-electron chi connectivity index (χ3n) is 2.69. The number of benzene rings is 2. The highest BCUT2D eigenvalue weighted by molar-refractivity contribution is 9.10. The molecule has 0 aliphatic heterocycles. The standard InChI is InChI=1S/C15H12BrClO/c16-14-7-3-1-5-11(14)9-13(18)10-12-6-2-4-8-15(12)17/h1-8H,9-10H2. The highest BCUT2D eigenvalue weighted by atomic mass is 79.9. The molecule has 0 aromatic heterocycles. The van der Waals surface area contributed by atoms with Gasteiger partial charge in [-0.1, -0.05) is 63.9 Å². The molecule has 0 saturated heterocycles. The molecule has 0 amide bonds. The van der Waals surface area contributed by atoms with E-state index in [9.17, 15) is 4.79 Å². The summed E-state index contributed by atoms with van der Waals surface area (Å²) in [6.45, 7) is 0. The second-order valence-electron chi connectivity index (χ2n) is 4.08. The first-order chi connectivity index (χ1) is 8.66. The minimum absolute atomic E-state index is 0.162. The first-order valence-electron chi connectivity index (χ1n) is 5.65. The van der Waals surface area contributed by atoms with E-state index in [0.29, 0.717) is 17.9 Å².